The van der Waals surface area contributed by atoms with Crippen LogP contribution in [0.3, 0.4) is 0 Å². The van der Waals surface area contributed by atoms with E-state index in [1.54, 1.807) is 5.57 Å². The second kappa shape index (κ2) is 7.22. The smallest absolute Gasteiger partial charge is 0.0444 e. The third-order valence-corrected chi connectivity index (χ3v) is 4.68. The van der Waals surface area contributed by atoms with E-state index in [0.717, 1.165) is 17.4 Å². The fourth-order valence-corrected chi connectivity index (χ4v) is 2.84. The molecule has 1 aliphatic rings. The third-order valence-electron chi connectivity index (χ3n) is 3.79. The molecule has 3 heteroatoms. The molecule has 1 aliphatic carbocycles. The SMILES string of the molecule is Cc1cc(C(CN)NCCC2=CCCC2)ccc1Br. The summed E-state index contributed by atoms with van der Waals surface area (Å²) in [5.41, 5.74) is 10.0. The molecule has 0 aromatic heterocycles. The molecule has 2 nitrogen and oxygen atoms in total. The van der Waals surface area contributed by atoms with Gasteiger partial charge in [-0.05, 0) is 56.3 Å². The lowest BCUT2D eigenvalue weighted by Gasteiger charge is -2.18. The second-order valence-electron chi connectivity index (χ2n) is 5.26. The zero-order valence-electron chi connectivity index (χ0n) is 11.6. The van der Waals surface area contributed by atoms with E-state index in [2.05, 4.69) is 52.4 Å². The molecule has 0 saturated heterocycles. The molecule has 0 fully saturated rings. The lowest BCUT2D eigenvalue weighted by Crippen LogP contribution is -2.29. The molecule has 0 heterocycles. The van der Waals surface area contributed by atoms with Crippen LogP contribution in [0.5, 0.6) is 0 Å². The summed E-state index contributed by atoms with van der Waals surface area (Å²) in [5.74, 6) is 0. The van der Waals surface area contributed by atoms with Crippen molar-refractivity contribution in [3.05, 3.63) is 45.4 Å². The van der Waals surface area contributed by atoms with Gasteiger partial charge in [0.2, 0.25) is 0 Å². The Labute approximate surface area is 124 Å². The Morgan fingerprint density at radius 3 is 2.89 bits per heavy atom. The fourth-order valence-electron chi connectivity index (χ4n) is 2.59. The van der Waals surface area contributed by atoms with E-state index in [9.17, 15) is 0 Å². The first kappa shape index (κ1) is 14.8. The molecule has 0 spiro atoms. The van der Waals surface area contributed by atoms with Crippen molar-refractivity contribution < 1.29 is 0 Å². The van der Waals surface area contributed by atoms with Gasteiger partial charge in [0.1, 0.15) is 0 Å². The Morgan fingerprint density at radius 1 is 1.42 bits per heavy atom. The molecule has 1 aromatic rings. The van der Waals surface area contributed by atoms with Crippen LogP contribution in [0, 0.1) is 6.92 Å². The van der Waals surface area contributed by atoms with Crippen molar-refractivity contribution in [2.24, 2.45) is 5.73 Å². The summed E-state index contributed by atoms with van der Waals surface area (Å²) in [6.07, 6.45) is 7.43. The molecule has 0 radical (unpaired) electrons. The fraction of sp³-hybridized carbons (Fsp3) is 0.500. The molecule has 2 rings (SSSR count). The maximum atomic E-state index is 5.90. The van der Waals surface area contributed by atoms with Crippen LogP contribution in [0.15, 0.2) is 34.3 Å². The van der Waals surface area contributed by atoms with Crippen molar-refractivity contribution in [3.63, 3.8) is 0 Å². The Hall–Kier alpha value is -0.640. The molecule has 0 saturated carbocycles. The maximum absolute atomic E-state index is 5.90. The summed E-state index contributed by atoms with van der Waals surface area (Å²) < 4.78 is 1.16. The van der Waals surface area contributed by atoms with Crippen LogP contribution in [-0.2, 0) is 0 Å². The zero-order chi connectivity index (χ0) is 13.7. The highest BCUT2D eigenvalue weighted by Crippen LogP contribution is 2.22. The molecule has 0 amide bonds. The van der Waals surface area contributed by atoms with E-state index in [-0.39, 0.29) is 6.04 Å². The van der Waals surface area contributed by atoms with Crippen LogP contribution >= 0.6 is 15.9 Å². The Morgan fingerprint density at radius 2 is 2.26 bits per heavy atom. The minimum Gasteiger partial charge on any atom is -0.329 e. The Bertz CT molecular complexity index is 454. The topological polar surface area (TPSA) is 38.0 Å². The van der Waals surface area contributed by atoms with Gasteiger partial charge < -0.3 is 11.1 Å². The lowest BCUT2D eigenvalue weighted by atomic mass is 10.0. The van der Waals surface area contributed by atoms with Gasteiger partial charge in [-0.1, -0.05) is 39.7 Å². The lowest BCUT2D eigenvalue weighted by molar-refractivity contribution is 0.542. The van der Waals surface area contributed by atoms with E-state index in [0.29, 0.717) is 6.54 Å². The normalized spacial score (nSPS) is 16.5. The molecular formula is C16H23BrN2. The van der Waals surface area contributed by atoms with Gasteiger partial charge in [0.15, 0.2) is 0 Å². The number of nitrogens with one attached hydrogen (secondary N) is 1. The highest BCUT2D eigenvalue weighted by molar-refractivity contribution is 9.10. The number of halogens is 1. The number of benzene rings is 1. The summed E-state index contributed by atoms with van der Waals surface area (Å²) in [5, 5.41) is 3.58. The quantitative estimate of drug-likeness (QED) is 0.781. The standard InChI is InChI=1S/C16H23BrN2/c1-12-10-14(6-7-15(12)17)16(11-18)19-9-8-13-4-2-3-5-13/h4,6-7,10,16,19H,2-3,5,8-9,11,18H2,1H3. The average Bonchev–Trinajstić information content (AvgIpc) is 2.91. The maximum Gasteiger partial charge on any atom is 0.0444 e. The van der Waals surface area contributed by atoms with Crippen LogP contribution in [0.2, 0.25) is 0 Å². The van der Waals surface area contributed by atoms with Gasteiger partial charge in [0.05, 0.1) is 0 Å². The number of rotatable bonds is 6. The van der Waals surface area contributed by atoms with Crippen molar-refractivity contribution >= 4 is 15.9 Å². The summed E-state index contributed by atoms with van der Waals surface area (Å²) in [4.78, 5) is 0. The zero-order valence-corrected chi connectivity index (χ0v) is 13.2. The van der Waals surface area contributed by atoms with Crippen molar-refractivity contribution in [2.75, 3.05) is 13.1 Å². The van der Waals surface area contributed by atoms with E-state index in [1.165, 1.54) is 30.4 Å². The summed E-state index contributed by atoms with van der Waals surface area (Å²) in [7, 11) is 0. The predicted molar refractivity (Wildman–Crippen MR) is 85.2 cm³/mol. The van der Waals surface area contributed by atoms with Crippen LogP contribution in [-0.4, -0.2) is 13.1 Å². The Balaban J connectivity index is 1.89. The van der Waals surface area contributed by atoms with Gasteiger partial charge in [-0.2, -0.15) is 0 Å². The van der Waals surface area contributed by atoms with Crippen LogP contribution in [0.25, 0.3) is 0 Å². The third kappa shape index (κ3) is 4.16. The van der Waals surface area contributed by atoms with Gasteiger partial charge in [-0.15, -0.1) is 0 Å². The summed E-state index contributed by atoms with van der Waals surface area (Å²) in [6.45, 7) is 3.77. The summed E-state index contributed by atoms with van der Waals surface area (Å²) in [6, 6.07) is 6.72. The summed E-state index contributed by atoms with van der Waals surface area (Å²) >= 11 is 3.54. The number of nitrogens with two attached hydrogens (primary N) is 1. The number of aryl methyl sites for hydroxylation is 1. The van der Waals surface area contributed by atoms with E-state index in [1.807, 2.05) is 0 Å². The molecule has 0 aliphatic heterocycles. The van der Waals surface area contributed by atoms with Crippen molar-refractivity contribution in [2.45, 2.75) is 38.6 Å². The average molecular weight is 323 g/mol. The van der Waals surface area contributed by atoms with Crippen molar-refractivity contribution in [3.8, 4) is 0 Å². The second-order valence-corrected chi connectivity index (χ2v) is 6.11. The highest BCUT2D eigenvalue weighted by Gasteiger charge is 2.11. The van der Waals surface area contributed by atoms with Crippen LogP contribution in [0.1, 0.15) is 42.9 Å². The molecule has 1 aromatic carbocycles. The van der Waals surface area contributed by atoms with E-state index in [4.69, 9.17) is 5.73 Å². The first-order valence-corrected chi connectivity index (χ1v) is 7.87. The molecule has 1 atom stereocenters. The van der Waals surface area contributed by atoms with E-state index >= 15 is 0 Å². The molecule has 1 unspecified atom stereocenters. The number of hydrogen-bond donors (Lipinski definition) is 2. The van der Waals surface area contributed by atoms with Gasteiger partial charge in [0.25, 0.3) is 0 Å². The van der Waals surface area contributed by atoms with Crippen molar-refractivity contribution in [1.29, 1.82) is 0 Å². The molecule has 19 heavy (non-hydrogen) atoms. The van der Waals surface area contributed by atoms with Crippen LogP contribution < -0.4 is 11.1 Å². The monoisotopic (exact) mass is 322 g/mol. The van der Waals surface area contributed by atoms with Gasteiger partial charge >= 0.3 is 0 Å². The first-order chi connectivity index (χ1) is 9.20. The van der Waals surface area contributed by atoms with Gasteiger partial charge in [0, 0.05) is 17.1 Å². The number of hydrogen-bond acceptors (Lipinski definition) is 2. The molecule has 0 bridgehead atoms. The van der Waals surface area contributed by atoms with Gasteiger partial charge in [-0.3, -0.25) is 0 Å². The number of allylic oxidation sites excluding steroid dienone is 1. The molecule has 104 valence electrons. The van der Waals surface area contributed by atoms with Crippen molar-refractivity contribution in [1.82, 2.24) is 5.32 Å². The highest BCUT2D eigenvalue weighted by atomic mass is 79.9. The minimum absolute atomic E-state index is 0.258. The minimum atomic E-state index is 0.258. The van der Waals surface area contributed by atoms with Crippen LogP contribution in [0.4, 0.5) is 0 Å². The predicted octanol–water partition coefficient (Wildman–Crippen LogP) is 3.85. The van der Waals surface area contributed by atoms with Gasteiger partial charge in [-0.25, -0.2) is 0 Å². The van der Waals surface area contributed by atoms with E-state index < -0.39 is 0 Å². The first-order valence-electron chi connectivity index (χ1n) is 7.08. The molecule has 3 N–H and O–H groups in total. The molecular weight excluding hydrogens is 300 g/mol. The Kier molecular flexibility index (Phi) is 5.61. The largest absolute Gasteiger partial charge is 0.329 e.